The molecule has 2 aliphatic heterocycles. The second-order valence-corrected chi connectivity index (χ2v) is 4.47. The van der Waals surface area contributed by atoms with Crippen LogP contribution in [0.4, 0.5) is 0 Å². The van der Waals surface area contributed by atoms with Crippen LogP contribution >= 0.6 is 0 Å². The molecule has 0 aromatic heterocycles. The zero-order valence-corrected chi connectivity index (χ0v) is 7.87. The van der Waals surface area contributed by atoms with E-state index in [0.29, 0.717) is 0 Å². The number of nitrogens with one attached hydrogen (secondary N) is 1. The smallest absolute Gasteiger partial charge is 0.0455 e. The maximum atomic E-state index is 4.39. The van der Waals surface area contributed by atoms with Gasteiger partial charge in [0.2, 0.25) is 0 Å². The van der Waals surface area contributed by atoms with Crippen LogP contribution in [0.5, 0.6) is 0 Å². The molecule has 1 aliphatic carbocycles. The molecule has 3 aliphatic rings. The number of nitrogens with zero attached hydrogens (tertiary/aromatic N) is 1. The van der Waals surface area contributed by atoms with Crippen LogP contribution in [0.1, 0.15) is 19.3 Å². The van der Waals surface area contributed by atoms with E-state index in [4.69, 9.17) is 0 Å². The van der Waals surface area contributed by atoms with E-state index in [-0.39, 0.29) is 0 Å². The highest BCUT2D eigenvalue weighted by molar-refractivity contribution is 5.65. The second kappa shape index (κ2) is 2.86. The van der Waals surface area contributed by atoms with Crippen LogP contribution in [0.25, 0.3) is 0 Å². The van der Waals surface area contributed by atoms with E-state index in [1.165, 1.54) is 31.5 Å². The fraction of sp³-hybridized carbons (Fsp3) is 0.727. The van der Waals surface area contributed by atoms with E-state index in [1.54, 1.807) is 0 Å². The van der Waals surface area contributed by atoms with Crippen molar-refractivity contribution in [2.45, 2.75) is 19.3 Å². The summed E-state index contributed by atoms with van der Waals surface area (Å²) in [6.07, 6.45) is 8.71. The molecule has 0 spiro atoms. The third kappa shape index (κ3) is 1.19. The Morgan fingerprint density at radius 1 is 1.38 bits per heavy atom. The molecule has 0 radical (unpaired) electrons. The van der Waals surface area contributed by atoms with Gasteiger partial charge in [0.15, 0.2) is 0 Å². The van der Waals surface area contributed by atoms with Gasteiger partial charge in [0.1, 0.15) is 0 Å². The van der Waals surface area contributed by atoms with Crippen LogP contribution in [0.2, 0.25) is 0 Å². The lowest BCUT2D eigenvalue weighted by molar-refractivity contribution is 0.332. The van der Waals surface area contributed by atoms with Crippen molar-refractivity contribution < 1.29 is 0 Å². The number of hydrogen-bond acceptors (Lipinski definition) is 2. The Kier molecular flexibility index (Phi) is 1.67. The molecular weight excluding hydrogens is 160 g/mol. The summed E-state index contributed by atoms with van der Waals surface area (Å²) in [6.45, 7) is 2.21. The van der Waals surface area contributed by atoms with Gasteiger partial charge in [-0.05, 0) is 25.2 Å². The number of allylic oxidation sites excluding steroid dienone is 1. The molecule has 0 saturated carbocycles. The monoisotopic (exact) mass is 176 g/mol. The fourth-order valence-corrected chi connectivity index (χ4v) is 2.86. The minimum atomic E-state index is 0.719. The Labute approximate surface area is 79.1 Å². The quantitative estimate of drug-likeness (QED) is 0.595. The average molecular weight is 176 g/mol. The molecule has 13 heavy (non-hydrogen) atoms. The van der Waals surface area contributed by atoms with Crippen LogP contribution in [0, 0.1) is 17.8 Å². The maximum absolute atomic E-state index is 4.39. The number of hydrogen-bond donors (Lipinski definition) is 1. The maximum Gasteiger partial charge on any atom is 0.0455 e. The van der Waals surface area contributed by atoms with Gasteiger partial charge in [0.05, 0.1) is 0 Å². The zero-order valence-electron chi connectivity index (χ0n) is 7.87. The van der Waals surface area contributed by atoms with E-state index in [0.717, 1.165) is 24.3 Å². The predicted molar refractivity (Wildman–Crippen MR) is 53.8 cm³/mol. The van der Waals surface area contributed by atoms with E-state index in [1.807, 2.05) is 0 Å². The van der Waals surface area contributed by atoms with Gasteiger partial charge in [-0.2, -0.15) is 0 Å². The van der Waals surface area contributed by atoms with Crippen molar-refractivity contribution >= 4 is 6.21 Å². The van der Waals surface area contributed by atoms with Crippen LogP contribution < -0.4 is 5.32 Å². The minimum absolute atomic E-state index is 0.719. The molecule has 3 rings (SSSR count). The Hall–Kier alpha value is -0.790. The van der Waals surface area contributed by atoms with E-state index >= 15 is 0 Å². The number of rotatable bonds is 0. The first kappa shape index (κ1) is 7.60. The van der Waals surface area contributed by atoms with Gasteiger partial charge < -0.3 is 5.32 Å². The first-order valence-corrected chi connectivity index (χ1v) is 5.39. The number of aliphatic imine (C=N–C) groups is 1. The van der Waals surface area contributed by atoms with Crippen molar-refractivity contribution in [1.29, 1.82) is 0 Å². The first-order chi connectivity index (χ1) is 6.43. The molecule has 3 atom stereocenters. The summed E-state index contributed by atoms with van der Waals surface area (Å²) in [5.41, 5.74) is 1.53. The lowest BCUT2D eigenvalue weighted by Gasteiger charge is -2.34. The molecule has 0 bridgehead atoms. The topological polar surface area (TPSA) is 24.4 Å². The van der Waals surface area contributed by atoms with E-state index in [9.17, 15) is 0 Å². The van der Waals surface area contributed by atoms with Crippen LogP contribution in [-0.4, -0.2) is 19.3 Å². The highest BCUT2D eigenvalue weighted by atomic mass is 14.9. The van der Waals surface area contributed by atoms with Crippen molar-refractivity contribution in [3.63, 3.8) is 0 Å². The zero-order chi connectivity index (χ0) is 8.67. The van der Waals surface area contributed by atoms with Crippen molar-refractivity contribution in [2.24, 2.45) is 22.7 Å². The molecule has 2 heterocycles. The van der Waals surface area contributed by atoms with Crippen molar-refractivity contribution in [3.05, 3.63) is 11.8 Å². The van der Waals surface area contributed by atoms with Crippen LogP contribution in [-0.2, 0) is 0 Å². The Morgan fingerprint density at radius 2 is 2.38 bits per heavy atom. The largest absolute Gasteiger partial charge is 0.388 e. The number of fused-ring (bicyclic) bond motifs is 2. The fourth-order valence-electron chi connectivity index (χ4n) is 2.86. The minimum Gasteiger partial charge on any atom is -0.388 e. The lowest BCUT2D eigenvalue weighted by atomic mass is 9.76. The van der Waals surface area contributed by atoms with E-state index < -0.39 is 0 Å². The summed E-state index contributed by atoms with van der Waals surface area (Å²) < 4.78 is 0. The Bertz CT molecular complexity index is 267. The summed E-state index contributed by atoms with van der Waals surface area (Å²) in [5, 5.41) is 3.54. The van der Waals surface area contributed by atoms with Gasteiger partial charge in [-0.25, -0.2) is 0 Å². The van der Waals surface area contributed by atoms with Crippen molar-refractivity contribution in [3.8, 4) is 0 Å². The van der Waals surface area contributed by atoms with Gasteiger partial charge in [-0.3, -0.25) is 4.99 Å². The van der Waals surface area contributed by atoms with Gasteiger partial charge in [-0.15, -0.1) is 0 Å². The van der Waals surface area contributed by atoms with Crippen molar-refractivity contribution in [1.82, 2.24) is 5.32 Å². The molecular formula is C11H16N2. The summed E-state index contributed by atoms with van der Waals surface area (Å²) in [4.78, 5) is 4.39. The molecule has 2 heteroatoms. The molecule has 0 amide bonds. The van der Waals surface area contributed by atoms with Crippen molar-refractivity contribution in [2.75, 3.05) is 13.1 Å². The third-order valence-electron chi connectivity index (χ3n) is 3.61. The molecule has 3 unspecified atom stereocenters. The molecule has 1 fully saturated rings. The lowest BCUT2D eigenvalue weighted by Crippen LogP contribution is -2.34. The summed E-state index contributed by atoms with van der Waals surface area (Å²) in [5.74, 6) is 2.30. The highest BCUT2D eigenvalue weighted by Crippen LogP contribution is 2.37. The molecule has 70 valence electrons. The summed E-state index contributed by atoms with van der Waals surface area (Å²) in [6, 6.07) is 0. The third-order valence-corrected chi connectivity index (χ3v) is 3.61. The molecule has 0 aromatic carbocycles. The first-order valence-electron chi connectivity index (χ1n) is 5.39. The van der Waals surface area contributed by atoms with Crippen LogP contribution in [0.15, 0.2) is 16.8 Å². The van der Waals surface area contributed by atoms with Crippen LogP contribution in [0.3, 0.4) is 0 Å². The highest BCUT2D eigenvalue weighted by Gasteiger charge is 2.33. The SMILES string of the molecule is C1=NCC2C=C3NCCCC3CC12. The number of piperidine rings is 1. The molecule has 2 nitrogen and oxygen atoms in total. The second-order valence-electron chi connectivity index (χ2n) is 4.47. The molecule has 1 N–H and O–H groups in total. The molecule has 1 saturated heterocycles. The van der Waals surface area contributed by atoms with E-state index in [2.05, 4.69) is 22.6 Å². The average Bonchev–Trinajstić information content (AvgIpc) is 2.61. The van der Waals surface area contributed by atoms with Gasteiger partial charge in [0, 0.05) is 36.8 Å². The standard InChI is InChI=1S/C11H16N2/c1-2-8-4-9-6-12-7-10(9)5-11(8)13-3-1/h5-6,8-10,13H,1-4,7H2. The molecule has 0 aromatic rings. The van der Waals surface area contributed by atoms with Gasteiger partial charge >= 0.3 is 0 Å². The Morgan fingerprint density at radius 3 is 3.38 bits per heavy atom. The van der Waals surface area contributed by atoms with Gasteiger partial charge in [0.25, 0.3) is 0 Å². The predicted octanol–water partition coefficient (Wildman–Crippen LogP) is 1.59. The van der Waals surface area contributed by atoms with Gasteiger partial charge in [-0.1, -0.05) is 6.08 Å². The summed E-state index contributed by atoms with van der Waals surface area (Å²) >= 11 is 0. The normalized spacial score (nSPS) is 41.8. The summed E-state index contributed by atoms with van der Waals surface area (Å²) in [7, 11) is 0. The Balaban J connectivity index is 1.86.